The monoisotopic (exact) mass is 303 g/mol. The Morgan fingerprint density at radius 1 is 1.14 bits per heavy atom. The fraction of sp³-hybridized carbons (Fsp3) is 0.133. The second-order valence-electron chi connectivity index (χ2n) is 4.35. The molecule has 0 bridgehead atoms. The van der Waals surface area contributed by atoms with Crippen LogP contribution in [0, 0.1) is 5.82 Å². The van der Waals surface area contributed by atoms with Crippen LogP contribution in [0.15, 0.2) is 48.7 Å². The zero-order chi connectivity index (χ0) is 15.9. The van der Waals surface area contributed by atoms with Gasteiger partial charge in [-0.15, -0.1) is 0 Å². The molecule has 6 nitrogen and oxygen atoms in total. The van der Waals surface area contributed by atoms with Gasteiger partial charge in [0.15, 0.2) is 17.7 Å². The van der Waals surface area contributed by atoms with Crippen LogP contribution in [0.25, 0.3) is 0 Å². The fourth-order valence-electron chi connectivity index (χ4n) is 1.57. The first-order chi connectivity index (χ1) is 10.6. The molecule has 2 N–H and O–H groups in total. The first-order valence-electron chi connectivity index (χ1n) is 6.50. The number of ether oxygens (including phenoxy) is 1. The van der Waals surface area contributed by atoms with Gasteiger partial charge in [-0.1, -0.05) is 18.2 Å². The Balaban J connectivity index is 1.87. The molecule has 0 fully saturated rings. The molecule has 0 saturated heterocycles. The third-order valence-corrected chi connectivity index (χ3v) is 2.71. The van der Waals surface area contributed by atoms with Crippen molar-refractivity contribution in [2.75, 3.05) is 0 Å². The zero-order valence-corrected chi connectivity index (χ0v) is 11.7. The average molecular weight is 303 g/mol. The van der Waals surface area contributed by atoms with Gasteiger partial charge in [0.25, 0.3) is 11.8 Å². The third-order valence-electron chi connectivity index (χ3n) is 2.71. The molecule has 1 atom stereocenters. The molecule has 22 heavy (non-hydrogen) atoms. The van der Waals surface area contributed by atoms with E-state index >= 15 is 0 Å². The number of nitrogens with zero attached hydrogens (tertiary/aromatic N) is 1. The molecule has 0 unspecified atom stereocenters. The third kappa shape index (κ3) is 4.02. The lowest BCUT2D eigenvalue weighted by Crippen LogP contribution is -2.47. The Kier molecular flexibility index (Phi) is 5.02. The van der Waals surface area contributed by atoms with Crippen molar-refractivity contribution < 1.29 is 18.7 Å². The molecule has 0 saturated carbocycles. The van der Waals surface area contributed by atoms with E-state index in [1.54, 1.807) is 18.2 Å². The van der Waals surface area contributed by atoms with E-state index in [1.807, 2.05) is 0 Å². The maximum Gasteiger partial charge on any atom is 0.288 e. The van der Waals surface area contributed by atoms with Gasteiger partial charge in [-0.2, -0.15) is 0 Å². The number of nitrogens with one attached hydrogen (secondary N) is 2. The first kappa shape index (κ1) is 15.4. The maximum absolute atomic E-state index is 13.4. The number of carbonyl (C=O) groups excluding carboxylic acids is 2. The molecule has 0 aliphatic carbocycles. The summed E-state index contributed by atoms with van der Waals surface area (Å²) in [6, 6.07) is 10.5. The highest BCUT2D eigenvalue weighted by Crippen LogP contribution is 2.16. The molecule has 2 aromatic rings. The molecule has 0 radical (unpaired) electrons. The lowest BCUT2D eigenvalue weighted by atomic mass is 10.3. The Bertz CT molecular complexity index is 664. The standard InChI is InChI=1S/C15H14FN3O3/c1-10(22-13-8-3-2-6-11(13)16)14(20)18-19-15(21)12-7-4-5-9-17-12/h2-10H,1H3,(H,18,20)(H,19,21)/t10-/m1/s1. The predicted octanol–water partition coefficient (Wildman–Crippen LogP) is 1.45. The summed E-state index contributed by atoms with van der Waals surface area (Å²) in [6.07, 6.45) is 0.474. The molecule has 7 heteroatoms. The Hall–Kier alpha value is -2.96. The number of carbonyl (C=O) groups is 2. The molecular formula is C15H14FN3O3. The summed E-state index contributed by atoms with van der Waals surface area (Å²) < 4.78 is 18.6. The van der Waals surface area contributed by atoms with Gasteiger partial charge >= 0.3 is 0 Å². The Labute approximate surface area is 126 Å². The number of hydrogen-bond acceptors (Lipinski definition) is 4. The van der Waals surface area contributed by atoms with E-state index in [0.29, 0.717) is 0 Å². The van der Waals surface area contributed by atoms with Crippen LogP contribution in [0.2, 0.25) is 0 Å². The zero-order valence-electron chi connectivity index (χ0n) is 11.7. The number of rotatable bonds is 4. The van der Waals surface area contributed by atoms with Gasteiger partial charge in [-0.25, -0.2) is 4.39 Å². The number of hydrogen-bond donors (Lipinski definition) is 2. The fourth-order valence-corrected chi connectivity index (χ4v) is 1.57. The van der Waals surface area contributed by atoms with Crippen molar-refractivity contribution in [3.63, 3.8) is 0 Å². The average Bonchev–Trinajstić information content (AvgIpc) is 2.55. The van der Waals surface area contributed by atoms with Crippen molar-refractivity contribution >= 4 is 11.8 Å². The molecule has 2 rings (SSSR count). The predicted molar refractivity (Wildman–Crippen MR) is 76.3 cm³/mol. The van der Waals surface area contributed by atoms with Crippen molar-refractivity contribution in [3.05, 3.63) is 60.2 Å². The summed E-state index contributed by atoms with van der Waals surface area (Å²) in [6.45, 7) is 1.44. The number of hydrazine groups is 1. The van der Waals surface area contributed by atoms with Crippen LogP contribution in [0.4, 0.5) is 4.39 Å². The smallest absolute Gasteiger partial charge is 0.288 e. The minimum absolute atomic E-state index is 0.0406. The van der Waals surface area contributed by atoms with Gasteiger partial charge in [0, 0.05) is 6.20 Å². The van der Waals surface area contributed by atoms with Gasteiger partial charge in [0.05, 0.1) is 0 Å². The van der Waals surface area contributed by atoms with E-state index in [2.05, 4.69) is 15.8 Å². The molecule has 0 aliphatic rings. The highest BCUT2D eigenvalue weighted by molar-refractivity contribution is 5.94. The number of amides is 2. The molecule has 2 amide bonds. The van der Waals surface area contributed by atoms with Crippen molar-refractivity contribution in [2.24, 2.45) is 0 Å². The number of pyridine rings is 1. The number of aromatic nitrogens is 1. The minimum atomic E-state index is -0.985. The van der Waals surface area contributed by atoms with E-state index in [1.165, 1.54) is 37.4 Å². The van der Waals surface area contributed by atoms with Crippen LogP contribution in [0.1, 0.15) is 17.4 Å². The summed E-state index contributed by atoms with van der Waals surface area (Å²) in [5.41, 5.74) is 4.56. The molecule has 1 heterocycles. The van der Waals surface area contributed by atoms with Crippen molar-refractivity contribution in [2.45, 2.75) is 13.0 Å². The van der Waals surface area contributed by atoms with Crippen molar-refractivity contribution in [1.29, 1.82) is 0 Å². The number of para-hydroxylation sites is 1. The van der Waals surface area contributed by atoms with E-state index in [0.717, 1.165) is 0 Å². The Morgan fingerprint density at radius 2 is 1.86 bits per heavy atom. The second-order valence-corrected chi connectivity index (χ2v) is 4.35. The summed E-state index contributed by atoms with van der Waals surface area (Å²) in [5.74, 6) is -1.79. The first-order valence-corrected chi connectivity index (χ1v) is 6.50. The van der Waals surface area contributed by atoms with Crippen LogP contribution < -0.4 is 15.6 Å². The van der Waals surface area contributed by atoms with Crippen LogP contribution >= 0.6 is 0 Å². The molecule has 0 spiro atoms. The summed E-state index contributed by atoms with van der Waals surface area (Å²) >= 11 is 0. The highest BCUT2D eigenvalue weighted by Gasteiger charge is 2.17. The quantitative estimate of drug-likeness (QED) is 0.838. The number of benzene rings is 1. The number of halogens is 1. The molecule has 1 aromatic heterocycles. The summed E-state index contributed by atoms with van der Waals surface area (Å²) in [4.78, 5) is 27.3. The molecular weight excluding hydrogens is 289 g/mol. The summed E-state index contributed by atoms with van der Waals surface area (Å²) in [5, 5.41) is 0. The van der Waals surface area contributed by atoms with E-state index in [-0.39, 0.29) is 11.4 Å². The van der Waals surface area contributed by atoms with Crippen LogP contribution in [-0.2, 0) is 4.79 Å². The van der Waals surface area contributed by atoms with E-state index in [4.69, 9.17) is 4.74 Å². The van der Waals surface area contributed by atoms with Crippen molar-refractivity contribution in [1.82, 2.24) is 15.8 Å². The second kappa shape index (κ2) is 7.16. The largest absolute Gasteiger partial charge is 0.478 e. The van der Waals surface area contributed by atoms with Gasteiger partial charge in [-0.05, 0) is 31.2 Å². The van der Waals surface area contributed by atoms with Gasteiger partial charge < -0.3 is 4.74 Å². The Morgan fingerprint density at radius 3 is 2.55 bits per heavy atom. The highest BCUT2D eigenvalue weighted by atomic mass is 19.1. The van der Waals surface area contributed by atoms with Gasteiger partial charge in [0.2, 0.25) is 0 Å². The van der Waals surface area contributed by atoms with Crippen LogP contribution in [0.3, 0.4) is 0 Å². The summed E-state index contributed by atoms with van der Waals surface area (Å²) in [7, 11) is 0. The molecule has 1 aromatic carbocycles. The van der Waals surface area contributed by atoms with E-state index < -0.39 is 23.7 Å². The lowest BCUT2D eigenvalue weighted by Gasteiger charge is -2.15. The lowest BCUT2D eigenvalue weighted by molar-refractivity contribution is -0.128. The van der Waals surface area contributed by atoms with Crippen molar-refractivity contribution in [3.8, 4) is 5.75 Å². The van der Waals surface area contributed by atoms with E-state index in [9.17, 15) is 14.0 Å². The maximum atomic E-state index is 13.4. The molecule has 0 aliphatic heterocycles. The van der Waals surface area contributed by atoms with Crippen LogP contribution in [-0.4, -0.2) is 22.9 Å². The normalized spacial score (nSPS) is 11.4. The topological polar surface area (TPSA) is 80.3 Å². The minimum Gasteiger partial charge on any atom is -0.478 e. The molecule has 114 valence electrons. The van der Waals surface area contributed by atoms with Gasteiger partial charge in [-0.3, -0.25) is 25.4 Å². The van der Waals surface area contributed by atoms with Gasteiger partial charge in [0.1, 0.15) is 5.69 Å². The van der Waals surface area contributed by atoms with Crippen LogP contribution in [0.5, 0.6) is 5.75 Å². The SMILES string of the molecule is C[C@@H](Oc1ccccc1F)C(=O)NNC(=O)c1ccccn1.